The van der Waals surface area contributed by atoms with Crippen LogP contribution in [0.4, 0.5) is 0 Å². The second kappa shape index (κ2) is 3.04. The number of hydrogen-bond donors (Lipinski definition) is 0. The SMILES string of the molecule is Cn1ccc(-c2ccc(C#N)s2)n1. The van der Waals surface area contributed by atoms with Crippen LogP contribution >= 0.6 is 11.3 Å². The first-order valence-electron chi connectivity index (χ1n) is 3.79. The van der Waals surface area contributed by atoms with Crippen molar-refractivity contribution in [2.24, 2.45) is 7.05 Å². The van der Waals surface area contributed by atoms with E-state index < -0.39 is 0 Å². The maximum atomic E-state index is 8.64. The monoisotopic (exact) mass is 189 g/mol. The lowest BCUT2D eigenvalue weighted by Gasteiger charge is -1.87. The van der Waals surface area contributed by atoms with Gasteiger partial charge >= 0.3 is 0 Å². The molecule has 0 aromatic carbocycles. The molecule has 3 nitrogen and oxygen atoms in total. The lowest BCUT2D eigenvalue weighted by Crippen LogP contribution is -1.86. The Hall–Kier alpha value is -1.60. The molecule has 13 heavy (non-hydrogen) atoms. The summed E-state index contributed by atoms with van der Waals surface area (Å²) in [6, 6.07) is 7.78. The van der Waals surface area contributed by atoms with Gasteiger partial charge in [0.2, 0.25) is 0 Å². The van der Waals surface area contributed by atoms with Gasteiger partial charge in [0.1, 0.15) is 16.6 Å². The molecule has 0 amide bonds. The third-order valence-electron chi connectivity index (χ3n) is 1.68. The van der Waals surface area contributed by atoms with Crippen molar-refractivity contribution in [3.63, 3.8) is 0 Å². The van der Waals surface area contributed by atoms with Crippen LogP contribution in [0.25, 0.3) is 10.6 Å². The van der Waals surface area contributed by atoms with Gasteiger partial charge < -0.3 is 0 Å². The summed E-state index contributed by atoms with van der Waals surface area (Å²) < 4.78 is 1.75. The van der Waals surface area contributed by atoms with E-state index in [1.807, 2.05) is 31.4 Å². The Morgan fingerprint density at radius 2 is 2.31 bits per heavy atom. The highest BCUT2D eigenvalue weighted by Gasteiger charge is 2.04. The fourth-order valence-electron chi connectivity index (χ4n) is 1.08. The van der Waals surface area contributed by atoms with E-state index in [9.17, 15) is 0 Å². The number of hydrogen-bond acceptors (Lipinski definition) is 3. The predicted octanol–water partition coefficient (Wildman–Crippen LogP) is 2.02. The largest absolute Gasteiger partial charge is 0.275 e. The summed E-state index contributed by atoms with van der Waals surface area (Å²) >= 11 is 1.46. The molecule has 2 aromatic heterocycles. The first-order valence-corrected chi connectivity index (χ1v) is 4.61. The van der Waals surface area contributed by atoms with Crippen molar-refractivity contribution < 1.29 is 0 Å². The smallest absolute Gasteiger partial charge is 0.110 e. The predicted molar refractivity (Wildman–Crippen MR) is 51.2 cm³/mol. The van der Waals surface area contributed by atoms with Crippen molar-refractivity contribution in [1.82, 2.24) is 9.78 Å². The van der Waals surface area contributed by atoms with Gasteiger partial charge in [-0.1, -0.05) is 0 Å². The molecular formula is C9H7N3S. The molecular weight excluding hydrogens is 182 g/mol. The van der Waals surface area contributed by atoms with Gasteiger partial charge in [0.05, 0.1) is 4.88 Å². The molecule has 0 radical (unpaired) electrons. The topological polar surface area (TPSA) is 41.6 Å². The molecule has 2 rings (SSSR count). The Balaban J connectivity index is 2.42. The molecule has 4 heteroatoms. The summed E-state index contributed by atoms with van der Waals surface area (Å²) in [4.78, 5) is 1.76. The van der Waals surface area contributed by atoms with Crippen LogP contribution in [0.3, 0.4) is 0 Å². The third kappa shape index (κ3) is 1.46. The minimum atomic E-state index is 0.723. The van der Waals surface area contributed by atoms with E-state index in [4.69, 9.17) is 5.26 Å². The zero-order valence-electron chi connectivity index (χ0n) is 7.06. The van der Waals surface area contributed by atoms with E-state index in [-0.39, 0.29) is 0 Å². The van der Waals surface area contributed by atoms with E-state index in [0.717, 1.165) is 15.4 Å². The van der Waals surface area contributed by atoms with Crippen LogP contribution in [0.5, 0.6) is 0 Å². The lowest BCUT2D eigenvalue weighted by molar-refractivity contribution is 0.771. The molecule has 64 valence electrons. The number of rotatable bonds is 1. The molecule has 0 saturated heterocycles. The number of aromatic nitrogens is 2. The van der Waals surface area contributed by atoms with E-state index in [1.165, 1.54) is 11.3 Å². The average Bonchev–Trinajstić information content (AvgIpc) is 2.71. The highest BCUT2D eigenvalue weighted by Crippen LogP contribution is 2.25. The Labute approximate surface area is 79.9 Å². The Morgan fingerprint density at radius 1 is 1.46 bits per heavy atom. The summed E-state index contributed by atoms with van der Waals surface area (Å²) in [6.45, 7) is 0. The highest BCUT2D eigenvalue weighted by molar-refractivity contribution is 7.15. The minimum absolute atomic E-state index is 0.723. The number of thiophene rings is 1. The van der Waals surface area contributed by atoms with Gasteiger partial charge in [0.25, 0.3) is 0 Å². The Bertz CT molecular complexity index is 461. The van der Waals surface area contributed by atoms with Gasteiger partial charge in [-0.2, -0.15) is 10.4 Å². The lowest BCUT2D eigenvalue weighted by atomic mass is 10.3. The number of nitrogens with zero attached hydrogens (tertiary/aromatic N) is 3. The second-order valence-electron chi connectivity index (χ2n) is 2.65. The van der Waals surface area contributed by atoms with E-state index in [0.29, 0.717) is 0 Å². The molecule has 0 saturated carbocycles. The molecule has 0 bridgehead atoms. The summed E-state index contributed by atoms with van der Waals surface area (Å²) in [5.74, 6) is 0. The summed E-state index contributed by atoms with van der Waals surface area (Å²) in [7, 11) is 1.88. The first-order chi connectivity index (χ1) is 6.29. The first kappa shape index (κ1) is 8.02. The van der Waals surface area contributed by atoms with Gasteiger partial charge in [-0.05, 0) is 18.2 Å². The van der Waals surface area contributed by atoms with Crippen LogP contribution in [0.1, 0.15) is 4.88 Å². The average molecular weight is 189 g/mol. The molecule has 0 aliphatic carbocycles. The standard InChI is InChI=1S/C9H7N3S/c1-12-5-4-8(11-12)9-3-2-7(6-10)13-9/h2-5H,1H3. The highest BCUT2D eigenvalue weighted by atomic mass is 32.1. The van der Waals surface area contributed by atoms with Gasteiger partial charge in [-0.3, -0.25) is 4.68 Å². The van der Waals surface area contributed by atoms with Gasteiger partial charge in [-0.15, -0.1) is 11.3 Å². The van der Waals surface area contributed by atoms with Gasteiger partial charge in [0.15, 0.2) is 0 Å². The fourth-order valence-corrected chi connectivity index (χ4v) is 1.85. The molecule has 0 aliphatic heterocycles. The molecule has 0 fully saturated rings. The molecule has 2 heterocycles. The number of aryl methyl sites for hydroxylation is 1. The quantitative estimate of drug-likeness (QED) is 0.688. The molecule has 0 aliphatic rings. The number of nitriles is 1. The third-order valence-corrected chi connectivity index (χ3v) is 2.69. The van der Waals surface area contributed by atoms with E-state index >= 15 is 0 Å². The Morgan fingerprint density at radius 3 is 2.85 bits per heavy atom. The maximum absolute atomic E-state index is 8.64. The normalized spacial score (nSPS) is 9.85. The maximum Gasteiger partial charge on any atom is 0.110 e. The van der Waals surface area contributed by atoms with E-state index in [2.05, 4.69) is 11.2 Å². The van der Waals surface area contributed by atoms with Crippen LogP contribution < -0.4 is 0 Å². The molecule has 0 N–H and O–H groups in total. The summed E-state index contributed by atoms with van der Waals surface area (Å²) in [5.41, 5.74) is 0.925. The summed E-state index contributed by atoms with van der Waals surface area (Å²) in [5, 5.41) is 12.9. The van der Waals surface area contributed by atoms with Gasteiger partial charge in [-0.25, -0.2) is 0 Å². The molecule has 0 spiro atoms. The fraction of sp³-hybridized carbons (Fsp3) is 0.111. The molecule has 0 unspecified atom stereocenters. The minimum Gasteiger partial charge on any atom is -0.275 e. The van der Waals surface area contributed by atoms with Crippen molar-refractivity contribution in [3.05, 3.63) is 29.3 Å². The zero-order valence-corrected chi connectivity index (χ0v) is 7.88. The van der Waals surface area contributed by atoms with Crippen molar-refractivity contribution in [2.45, 2.75) is 0 Å². The zero-order chi connectivity index (χ0) is 9.26. The van der Waals surface area contributed by atoms with Crippen LogP contribution in [0.2, 0.25) is 0 Å². The van der Waals surface area contributed by atoms with Crippen LogP contribution in [-0.2, 0) is 7.05 Å². The molecule has 2 aromatic rings. The van der Waals surface area contributed by atoms with Crippen molar-refractivity contribution in [2.75, 3.05) is 0 Å². The van der Waals surface area contributed by atoms with Crippen molar-refractivity contribution >= 4 is 11.3 Å². The second-order valence-corrected chi connectivity index (χ2v) is 3.73. The van der Waals surface area contributed by atoms with Gasteiger partial charge in [0, 0.05) is 13.2 Å². The van der Waals surface area contributed by atoms with Crippen molar-refractivity contribution in [1.29, 1.82) is 5.26 Å². The van der Waals surface area contributed by atoms with Crippen LogP contribution in [0.15, 0.2) is 24.4 Å². The van der Waals surface area contributed by atoms with Crippen molar-refractivity contribution in [3.8, 4) is 16.6 Å². The van der Waals surface area contributed by atoms with E-state index in [1.54, 1.807) is 4.68 Å². The summed E-state index contributed by atoms with van der Waals surface area (Å²) in [6.07, 6.45) is 1.89. The molecule has 0 atom stereocenters. The Kier molecular flexibility index (Phi) is 1.87. The van der Waals surface area contributed by atoms with Crippen LogP contribution in [0, 0.1) is 11.3 Å². The van der Waals surface area contributed by atoms with Crippen LogP contribution in [-0.4, -0.2) is 9.78 Å².